The smallest absolute Gasteiger partial charge is 0.252 e. The predicted octanol–water partition coefficient (Wildman–Crippen LogP) is 3.19. The average Bonchev–Trinajstić information content (AvgIpc) is 3.47. The molecule has 10 heteroatoms. The molecule has 4 rings (SSSR count). The van der Waals surface area contributed by atoms with Gasteiger partial charge in [0, 0.05) is 23.9 Å². The lowest BCUT2D eigenvalue weighted by atomic mass is 10.2. The summed E-state index contributed by atoms with van der Waals surface area (Å²) in [5.74, 6) is 1.70. The second-order valence-corrected chi connectivity index (χ2v) is 6.95. The molecule has 0 saturated carbocycles. The van der Waals surface area contributed by atoms with Gasteiger partial charge in [-0.05, 0) is 42.8 Å². The molecule has 33 heavy (non-hydrogen) atoms. The molecule has 4 aromatic rings. The highest BCUT2D eigenvalue weighted by molar-refractivity contribution is 6.01. The van der Waals surface area contributed by atoms with Crippen LogP contribution < -0.4 is 20.3 Å². The third kappa shape index (κ3) is 4.85. The first-order valence-electron chi connectivity index (χ1n) is 9.90. The second-order valence-electron chi connectivity index (χ2n) is 6.95. The molecule has 0 fully saturated rings. The van der Waals surface area contributed by atoms with Gasteiger partial charge < -0.3 is 19.2 Å². The van der Waals surface area contributed by atoms with E-state index in [2.05, 4.69) is 20.4 Å². The van der Waals surface area contributed by atoms with E-state index in [1.165, 1.54) is 23.1 Å². The number of furan rings is 1. The number of benzene rings is 1. The van der Waals surface area contributed by atoms with Gasteiger partial charge in [-0.15, -0.1) is 0 Å². The van der Waals surface area contributed by atoms with Crippen LogP contribution in [0.15, 0.2) is 64.0 Å². The van der Waals surface area contributed by atoms with Crippen molar-refractivity contribution in [1.82, 2.24) is 19.7 Å². The Bertz CT molecular complexity index is 1370. The molecule has 0 spiro atoms. The highest BCUT2D eigenvalue weighted by Crippen LogP contribution is 2.28. The van der Waals surface area contributed by atoms with Gasteiger partial charge in [0.15, 0.2) is 17.3 Å². The number of aryl methyl sites for hydroxylation is 1. The van der Waals surface area contributed by atoms with Crippen LogP contribution >= 0.6 is 0 Å². The minimum Gasteiger partial charge on any atom is -0.493 e. The number of hydrogen-bond acceptors (Lipinski definition) is 7. The molecular formula is C23H21N5O5. The van der Waals surface area contributed by atoms with Gasteiger partial charge >= 0.3 is 0 Å². The van der Waals surface area contributed by atoms with Crippen molar-refractivity contribution in [2.24, 2.45) is 0 Å². The molecule has 0 bridgehead atoms. The van der Waals surface area contributed by atoms with Crippen molar-refractivity contribution in [1.29, 1.82) is 0 Å². The Balaban J connectivity index is 1.63. The van der Waals surface area contributed by atoms with Gasteiger partial charge in [-0.2, -0.15) is 9.78 Å². The minimum atomic E-state index is -0.410. The number of carbonyl (C=O) groups excluding carboxylic acids is 1. The largest absolute Gasteiger partial charge is 0.493 e. The molecule has 3 heterocycles. The number of amides is 1. The van der Waals surface area contributed by atoms with Gasteiger partial charge in [0.2, 0.25) is 11.9 Å². The third-order valence-corrected chi connectivity index (χ3v) is 4.63. The standard InChI is InChI=1S/C23H21N5O5/c1-14-11-22(30)26-23(24-14)28-20(13-16(27-28)17-5-4-10-33-17)25-21(29)9-7-15-6-8-18(31-2)19(12-15)32-3/h4-13H,1-3H3,(H,25,29)(H,24,26,30)/b9-7-. The van der Waals surface area contributed by atoms with E-state index in [0.29, 0.717) is 34.5 Å². The van der Waals surface area contributed by atoms with Crippen molar-refractivity contribution in [3.8, 4) is 28.9 Å². The van der Waals surface area contributed by atoms with Gasteiger partial charge in [-0.25, -0.2) is 4.98 Å². The summed E-state index contributed by atoms with van der Waals surface area (Å²) < 4.78 is 17.3. The fraction of sp³-hybridized carbons (Fsp3) is 0.130. The van der Waals surface area contributed by atoms with E-state index < -0.39 is 5.91 Å². The Kier molecular flexibility index (Phi) is 6.07. The van der Waals surface area contributed by atoms with E-state index in [1.54, 1.807) is 63.6 Å². The number of aromatic nitrogens is 4. The molecule has 2 N–H and O–H groups in total. The van der Waals surface area contributed by atoms with Crippen LogP contribution in [-0.4, -0.2) is 39.9 Å². The zero-order valence-electron chi connectivity index (χ0n) is 18.2. The normalized spacial score (nSPS) is 11.0. The summed E-state index contributed by atoms with van der Waals surface area (Å²) in [5, 5.41) is 7.21. The molecule has 0 unspecified atom stereocenters. The van der Waals surface area contributed by atoms with E-state index in [0.717, 1.165) is 5.56 Å². The molecule has 1 aromatic carbocycles. The van der Waals surface area contributed by atoms with Crippen molar-refractivity contribution in [2.75, 3.05) is 19.5 Å². The maximum absolute atomic E-state index is 12.7. The van der Waals surface area contributed by atoms with E-state index in [4.69, 9.17) is 13.9 Å². The highest BCUT2D eigenvalue weighted by atomic mass is 16.5. The van der Waals surface area contributed by atoms with E-state index in [-0.39, 0.29) is 11.5 Å². The Morgan fingerprint density at radius 3 is 2.67 bits per heavy atom. The van der Waals surface area contributed by atoms with Gasteiger partial charge in [-0.1, -0.05) is 6.07 Å². The highest BCUT2D eigenvalue weighted by Gasteiger charge is 2.16. The summed E-state index contributed by atoms with van der Waals surface area (Å²) in [6.45, 7) is 1.69. The number of nitrogens with one attached hydrogen (secondary N) is 2. The van der Waals surface area contributed by atoms with E-state index in [1.807, 2.05) is 0 Å². The molecule has 0 atom stereocenters. The number of H-pyrrole nitrogens is 1. The van der Waals surface area contributed by atoms with Crippen molar-refractivity contribution >= 4 is 17.8 Å². The monoisotopic (exact) mass is 447 g/mol. The molecule has 168 valence electrons. The number of nitrogens with zero attached hydrogens (tertiary/aromatic N) is 3. The van der Waals surface area contributed by atoms with Crippen LogP contribution in [0.3, 0.4) is 0 Å². The zero-order chi connectivity index (χ0) is 23.4. The molecule has 10 nitrogen and oxygen atoms in total. The first kappa shape index (κ1) is 21.6. The molecular weight excluding hydrogens is 426 g/mol. The fourth-order valence-electron chi connectivity index (χ4n) is 3.14. The molecule has 0 aliphatic heterocycles. The van der Waals surface area contributed by atoms with Crippen LogP contribution in [0, 0.1) is 6.92 Å². The molecule has 0 aliphatic rings. The van der Waals surface area contributed by atoms with Crippen molar-refractivity contribution < 1.29 is 18.7 Å². The Morgan fingerprint density at radius 1 is 1.15 bits per heavy atom. The SMILES string of the molecule is COc1ccc(/C=C\C(=O)Nc2cc(-c3ccco3)nn2-c2nc(C)cc(=O)[nH]2)cc1OC. The average molecular weight is 447 g/mol. The first-order valence-corrected chi connectivity index (χ1v) is 9.90. The number of ether oxygens (including phenoxy) is 2. The molecule has 0 aliphatic carbocycles. The molecule has 3 aromatic heterocycles. The summed E-state index contributed by atoms with van der Waals surface area (Å²) >= 11 is 0. The van der Waals surface area contributed by atoms with Crippen LogP contribution in [-0.2, 0) is 4.79 Å². The van der Waals surface area contributed by atoms with Crippen LogP contribution in [0.1, 0.15) is 11.3 Å². The van der Waals surface area contributed by atoms with Gasteiger partial charge in [0.1, 0.15) is 11.5 Å². The van der Waals surface area contributed by atoms with Gasteiger partial charge in [-0.3, -0.25) is 14.6 Å². The number of methoxy groups -OCH3 is 2. The van der Waals surface area contributed by atoms with Crippen LogP contribution in [0.4, 0.5) is 5.82 Å². The number of carbonyl (C=O) groups is 1. The maximum Gasteiger partial charge on any atom is 0.252 e. The summed E-state index contributed by atoms with van der Waals surface area (Å²) in [5.41, 5.74) is 1.38. The second kappa shape index (κ2) is 9.27. The van der Waals surface area contributed by atoms with Crippen LogP contribution in [0.2, 0.25) is 0 Å². The lowest BCUT2D eigenvalue weighted by molar-refractivity contribution is -0.111. The molecule has 0 saturated heterocycles. The molecule has 1 amide bonds. The van der Waals surface area contributed by atoms with Gasteiger partial charge in [0.25, 0.3) is 5.56 Å². The van der Waals surface area contributed by atoms with Crippen molar-refractivity contribution in [2.45, 2.75) is 6.92 Å². The Labute approximate surface area is 188 Å². The quantitative estimate of drug-likeness (QED) is 0.417. The predicted molar refractivity (Wildman–Crippen MR) is 122 cm³/mol. The number of hydrogen-bond donors (Lipinski definition) is 2. The lowest BCUT2D eigenvalue weighted by Crippen LogP contribution is -2.17. The Morgan fingerprint density at radius 2 is 1.97 bits per heavy atom. The summed E-state index contributed by atoms with van der Waals surface area (Å²) in [6, 6.07) is 11.8. The topological polar surface area (TPSA) is 124 Å². The van der Waals surface area contributed by atoms with Crippen LogP contribution in [0.25, 0.3) is 23.5 Å². The van der Waals surface area contributed by atoms with E-state index in [9.17, 15) is 9.59 Å². The number of aromatic amines is 1. The van der Waals surface area contributed by atoms with Crippen molar-refractivity contribution in [3.05, 3.63) is 76.4 Å². The van der Waals surface area contributed by atoms with Gasteiger partial charge in [0.05, 0.1) is 20.5 Å². The minimum absolute atomic E-state index is 0.164. The van der Waals surface area contributed by atoms with E-state index >= 15 is 0 Å². The summed E-state index contributed by atoms with van der Waals surface area (Å²) in [7, 11) is 3.09. The lowest BCUT2D eigenvalue weighted by Gasteiger charge is -2.08. The molecule has 0 radical (unpaired) electrons. The third-order valence-electron chi connectivity index (χ3n) is 4.63. The Hall–Kier alpha value is -4.60. The van der Waals surface area contributed by atoms with Crippen molar-refractivity contribution in [3.63, 3.8) is 0 Å². The summed E-state index contributed by atoms with van der Waals surface area (Å²) in [6.07, 6.45) is 4.53. The number of rotatable bonds is 7. The zero-order valence-corrected chi connectivity index (χ0v) is 18.2. The van der Waals surface area contributed by atoms with Crippen LogP contribution in [0.5, 0.6) is 11.5 Å². The fourth-order valence-corrected chi connectivity index (χ4v) is 3.14. The summed E-state index contributed by atoms with van der Waals surface area (Å²) in [4.78, 5) is 31.5. The number of anilines is 1. The first-order chi connectivity index (χ1) is 16.0. The maximum atomic E-state index is 12.7.